The van der Waals surface area contributed by atoms with Crippen molar-refractivity contribution in [2.75, 3.05) is 16.8 Å². The molecular weight excluding hydrogens is 327 g/mol. The van der Waals surface area contributed by atoms with E-state index in [0.29, 0.717) is 24.0 Å². The van der Waals surface area contributed by atoms with Crippen LogP contribution in [0.15, 0.2) is 24.3 Å². The van der Waals surface area contributed by atoms with E-state index in [4.69, 9.17) is 0 Å². The van der Waals surface area contributed by atoms with E-state index in [1.807, 2.05) is 0 Å². The number of rotatable bonds is 3. The fourth-order valence-electron chi connectivity index (χ4n) is 1.98. The van der Waals surface area contributed by atoms with Crippen LogP contribution in [0.25, 0.3) is 0 Å². The van der Waals surface area contributed by atoms with Gasteiger partial charge in [0.1, 0.15) is 5.75 Å². The molecule has 1 fully saturated rings. The Bertz CT molecular complexity index is 478. The smallest absolute Gasteiger partial charge is 0.406 e. The van der Waals surface area contributed by atoms with Crippen molar-refractivity contribution in [3.05, 3.63) is 24.3 Å². The molecule has 3 nitrogen and oxygen atoms in total. The molecular formula is C12H11BrF3NO2. The van der Waals surface area contributed by atoms with Gasteiger partial charge >= 0.3 is 6.36 Å². The van der Waals surface area contributed by atoms with Crippen molar-refractivity contribution < 1.29 is 22.7 Å². The zero-order valence-electron chi connectivity index (χ0n) is 9.78. The number of carbonyl (C=O) groups is 1. The molecule has 1 atom stereocenters. The summed E-state index contributed by atoms with van der Waals surface area (Å²) in [5, 5.41) is 0.688. The maximum atomic E-state index is 12.1. The molecule has 1 amide bonds. The summed E-state index contributed by atoms with van der Waals surface area (Å²) >= 11 is 3.31. The van der Waals surface area contributed by atoms with Crippen molar-refractivity contribution in [1.29, 1.82) is 0 Å². The number of nitrogens with zero attached hydrogens (tertiary/aromatic N) is 1. The van der Waals surface area contributed by atoms with Gasteiger partial charge in [-0.05, 0) is 18.1 Å². The molecule has 0 radical (unpaired) electrons. The van der Waals surface area contributed by atoms with E-state index in [2.05, 4.69) is 20.7 Å². The first-order valence-electron chi connectivity index (χ1n) is 5.61. The largest absolute Gasteiger partial charge is 0.573 e. The van der Waals surface area contributed by atoms with Crippen LogP contribution >= 0.6 is 15.9 Å². The molecule has 0 spiro atoms. The van der Waals surface area contributed by atoms with Crippen molar-refractivity contribution in [2.45, 2.75) is 12.8 Å². The highest BCUT2D eigenvalue weighted by Crippen LogP contribution is 2.30. The fourth-order valence-corrected chi connectivity index (χ4v) is 2.42. The first-order valence-corrected chi connectivity index (χ1v) is 6.73. The van der Waals surface area contributed by atoms with Gasteiger partial charge in [0.05, 0.1) is 0 Å². The highest BCUT2D eigenvalue weighted by Gasteiger charge is 2.33. The second-order valence-electron chi connectivity index (χ2n) is 4.27. The van der Waals surface area contributed by atoms with Gasteiger partial charge in [0.2, 0.25) is 5.91 Å². The summed E-state index contributed by atoms with van der Waals surface area (Å²) < 4.78 is 40.2. The molecule has 104 valence electrons. The average Bonchev–Trinajstić information content (AvgIpc) is 2.69. The van der Waals surface area contributed by atoms with Gasteiger partial charge in [0.15, 0.2) is 0 Å². The second-order valence-corrected chi connectivity index (χ2v) is 4.92. The number of alkyl halides is 4. The fraction of sp³-hybridized carbons (Fsp3) is 0.417. The van der Waals surface area contributed by atoms with Crippen molar-refractivity contribution >= 4 is 27.5 Å². The lowest BCUT2D eigenvalue weighted by Crippen LogP contribution is -2.25. The topological polar surface area (TPSA) is 29.5 Å². The maximum Gasteiger partial charge on any atom is 0.573 e. The van der Waals surface area contributed by atoms with Gasteiger partial charge in [0.25, 0.3) is 0 Å². The molecule has 1 aromatic rings. The molecule has 0 aromatic heterocycles. The third kappa shape index (κ3) is 3.62. The van der Waals surface area contributed by atoms with E-state index < -0.39 is 6.36 Å². The summed E-state index contributed by atoms with van der Waals surface area (Å²) in [6.07, 6.45) is -4.33. The first kappa shape index (κ1) is 14.2. The molecule has 1 aliphatic rings. The number of hydrogen-bond acceptors (Lipinski definition) is 2. The van der Waals surface area contributed by atoms with Crippen molar-refractivity contribution in [1.82, 2.24) is 0 Å². The standard InChI is InChI=1S/C12H11BrF3NO2/c13-6-8-4-11(18)17(7-8)9-2-1-3-10(5-9)19-12(14,15)16/h1-3,5,8H,4,6-7H2. The molecule has 19 heavy (non-hydrogen) atoms. The maximum absolute atomic E-state index is 12.1. The van der Waals surface area contributed by atoms with E-state index in [0.717, 1.165) is 0 Å². The van der Waals surface area contributed by atoms with Crippen LogP contribution in [0.5, 0.6) is 5.75 Å². The molecule has 1 saturated heterocycles. The number of halogens is 4. The molecule has 0 aliphatic carbocycles. The Hall–Kier alpha value is -1.24. The Morgan fingerprint density at radius 2 is 2.16 bits per heavy atom. The Kier molecular flexibility index (Phi) is 4.03. The molecule has 0 saturated carbocycles. The molecule has 1 aromatic carbocycles. The van der Waals surface area contributed by atoms with Crippen LogP contribution in [0, 0.1) is 5.92 Å². The van der Waals surface area contributed by atoms with Crippen molar-refractivity contribution in [2.24, 2.45) is 5.92 Å². The monoisotopic (exact) mass is 337 g/mol. The minimum Gasteiger partial charge on any atom is -0.406 e. The quantitative estimate of drug-likeness (QED) is 0.792. The number of anilines is 1. The minimum atomic E-state index is -4.73. The summed E-state index contributed by atoms with van der Waals surface area (Å²) in [5.41, 5.74) is 0.426. The summed E-state index contributed by atoms with van der Waals surface area (Å²) in [5.74, 6) is -0.228. The van der Waals surface area contributed by atoms with Crippen LogP contribution in [0.4, 0.5) is 18.9 Å². The van der Waals surface area contributed by atoms with Gasteiger partial charge in [-0.1, -0.05) is 22.0 Å². The molecule has 0 bridgehead atoms. The van der Waals surface area contributed by atoms with E-state index in [1.54, 1.807) is 6.07 Å². The molecule has 1 heterocycles. The van der Waals surface area contributed by atoms with Gasteiger partial charge in [-0.2, -0.15) is 0 Å². The van der Waals surface area contributed by atoms with E-state index in [1.165, 1.54) is 23.1 Å². The normalized spacial score (nSPS) is 19.9. The Morgan fingerprint density at radius 1 is 1.42 bits per heavy atom. The second kappa shape index (κ2) is 5.40. The Balaban J connectivity index is 2.17. The van der Waals surface area contributed by atoms with Crippen molar-refractivity contribution in [3.8, 4) is 5.75 Å². The number of carbonyl (C=O) groups excluding carboxylic acids is 1. The Morgan fingerprint density at radius 3 is 2.74 bits per heavy atom. The van der Waals surface area contributed by atoms with Crippen LogP contribution in [0.3, 0.4) is 0 Å². The Labute approximate surface area is 116 Å². The minimum absolute atomic E-state index is 0.0893. The SMILES string of the molecule is O=C1CC(CBr)CN1c1cccc(OC(F)(F)F)c1. The first-order chi connectivity index (χ1) is 8.89. The van der Waals surface area contributed by atoms with E-state index in [-0.39, 0.29) is 17.6 Å². The lowest BCUT2D eigenvalue weighted by Gasteiger charge is -2.18. The molecule has 7 heteroatoms. The van der Waals surface area contributed by atoms with Gasteiger partial charge in [-0.3, -0.25) is 4.79 Å². The van der Waals surface area contributed by atoms with Gasteiger partial charge in [-0.15, -0.1) is 13.2 Å². The number of ether oxygens (including phenoxy) is 1. The average molecular weight is 338 g/mol. The van der Waals surface area contributed by atoms with Crippen LogP contribution < -0.4 is 9.64 Å². The highest BCUT2D eigenvalue weighted by atomic mass is 79.9. The van der Waals surface area contributed by atoms with Crippen LogP contribution in [0.2, 0.25) is 0 Å². The predicted molar refractivity (Wildman–Crippen MR) is 67.4 cm³/mol. The summed E-state index contributed by atoms with van der Waals surface area (Å²) in [7, 11) is 0. The molecule has 2 rings (SSSR count). The highest BCUT2D eigenvalue weighted by molar-refractivity contribution is 9.09. The number of amides is 1. The van der Waals surface area contributed by atoms with Crippen LogP contribution in [0.1, 0.15) is 6.42 Å². The molecule has 1 unspecified atom stereocenters. The lowest BCUT2D eigenvalue weighted by atomic mass is 10.2. The van der Waals surface area contributed by atoms with Crippen LogP contribution in [-0.4, -0.2) is 24.1 Å². The predicted octanol–water partition coefficient (Wildman–Crippen LogP) is 3.33. The van der Waals surface area contributed by atoms with Gasteiger partial charge in [0, 0.05) is 30.0 Å². The zero-order valence-corrected chi connectivity index (χ0v) is 11.4. The number of benzene rings is 1. The van der Waals surface area contributed by atoms with E-state index in [9.17, 15) is 18.0 Å². The summed E-state index contributed by atoms with van der Waals surface area (Å²) in [6.45, 7) is 0.500. The third-order valence-corrected chi connectivity index (χ3v) is 3.70. The molecule has 1 aliphatic heterocycles. The zero-order chi connectivity index (χ0) is 14.0. The lowest BCUT2D eigenvalue weighted by molar-refractivity contribution is -0.274. The summed E-state index contributed by atoms with van der Waals surface area (Å²) in [4.78, 5) is 13.3. The van der Waals surface area contributed by atoms with Crippen LogP contribution in [-0.2, 0) is 4.79 Å². The summed E-state index contributed by atoms with van der Waals surface area (Å²) in [6, 6.07) is 5.46. The number of hydrogen-bond donors (Lipinski definition) is 0. The van der Waals surface area contributed by atoms with Gasteiger partial charge < -0.3 is 9.64 Å². The van der Waals surface area contributed by atoms with Gasteiger partial charge in [-0.25, -0.2) is 0 Å². The van der Waals surface area contributed by atoms with E-state index >= 15 is 0 Å². The van der Waals surface area contributed by atoms with Crippen molar-refractivity contribution in [3.63, 3.8) is 0 Å². The third-order valence-electron chi connectivity index (χ3n) is 2.79. The molecule has 0 N–H and O–H groups in total.